The monoisotopic (exact) mass is 1530 g/mol. The van der Waals surface area contributed by atoms with Crippen molar-refractivity contribution in [2.24, 2.45) is 11.8 Å². The fraction of sp³-hybridized carbons (Fsp3) is 0.937. The fourth-order valence-electron chi connectivity index (χ4n) is 14.1. The number of aliphatic hydroxyl groups excluding tert-OH is 19. The van der Waals surface area contributed by atoms with E-state index in [1.165, 1.54) is 48.5 Å². The van der Waals surface area contributed by atoms with Gasteiger partial charge in [-0.3, -0.25) is 19.2 Å². The summed E-state index contributed by atoms with van der Waals surface area (Å²) >= 11 is 0. The van der Waals surface area contributed by atoms with Crippen LogP contribution in [0.2, 0.25) is 0 Å². The Morgan fingerprint density at radius 2 is 0.695 bits per heavy atom. The molecule has 0 aromatic carbocycles. The summed E-state index contributed by atoms with van der Waals surface area (Å²) in [6.07, 6.45) is -61.7. The number of hydrogen-bond acceptors (Lipinski definition) is 38. The van der Waals surface area contributed by atoms with Crippen molar-refractivity contribution < 1.29 is 187 Å². The molecule has 42 heteroatoms. The van der Waals surface area contributed by atoms with Gasteiger partial charge in [0, 0.05) is 52.4 Å². The third-order valence-corrected chi connectivity index (χ3v) is 20.2. The molecule has 42 nitrogen and oxygen atoms in total. The van der Waals surface area contributed by atoms with Gasteiger partial charge >= 0.3 is 0 Å². The van der Waals surface area contributed by atoms with Crippen molar-refractivity contribution in [3.63, 3.8) is 0 Å². The van der Waals surface area contributed by atoms with E-state index in [4.69, 9.17) is 71.1 Å². The molecule has 8 aliphatic heterocycles. The SMILES string of the molecule is CC(=O)N[C@H](C1O[C@@H](OCC2O[C@@H](OCC3O[C@@H](O[C@@H]4C(C)[C@H](O[C@@H]5C(O)[C@H](O[C@@H]6C(C)C(C)OC(CO)[C@@H]6O)OC(CO[C@@H]6OC(CO[C@H]7C[C@@H](O)[C@H](NC(C)=O)C([C@@H](NC(C)=O)[C@H](C)O)O7)[C@@H](O)[C@H](O)C6O)[C@@H]5O)OC(CO)[C@@H]4O)C(O)[C@@H](O)[C@H]3O)C(O)[C@@H](O)[C@@H]2O)C[C@@H](O)[C@@H]1NC(C)=O)[C@H](C)O. The van der Waals surface area contributed by atoms with Gasteiger partial charge in [-0.15, -0.1) is 0 Å². The summed E-state index contributed by atoms with van der Waals surface area (Å²) in [6.45, 7) is 7.26. The molecule has 0 saturated carbocycles. The Kier molecular flexibility index (Phi) is 31.7. The number of aliphatic hydroxyl groups is 19. The number of nitrogens with one attached hydrogen (secondary N) is 4. The number of rotatable bonds is 28. The van der Waals surface area contributed by atoms with Crippen LogP contribution in [0.15, 0.2) is 0 Å². The van der Waals surface area contributed by atoms with E-state index in [2.05, 4.69) is 21.3 Å². The second-order valence-electron chi connectivity index (χ2n) is 28.2. The highest BCUT2D eigenvalue weighted by atomic mass is 16.8. The summed E-state index contributed by atoms with van der Waals surface area (Å²) in [5.74, 6) is -4.36. The van der Waals surface area contributed by atoms with Crippen molar-refractivity contribution in [1.82, 2.24) is 21.3 Å². The summed E-state index contributed by atoms with van der Waals surface area (Å²) in [6, 6.07) is -4.72. The van der Waals surface area contributed by atoms with Crippen LogP contribution in [0.25, 0.3) is 0 Å². The molecule has 8 aliphatic rings. The Morgan fingerprint density at radius 1 is 0.371 bits per heavy atom. The lowest BCUT2D eigenvalue weighted by molar-refractivity contribution is -0.384. The molecular formula is C63H108N4O38. The van der Waals surface area contributed by atoms with Gasteiger partial charge in [-0.25, -0.2) is 0 Å². The van der Waals surface area contributed by atoms with E-state index in [-0.39, 0.29) is 12.8 Å². The van der Waals surface area contributed by atoms with E-state index in [9.17, 15) is 116 Å². The molecule has 42 atom stereocenters. The minimum atomic E-state index is -2.14. The maximum absolute atomic E-state index is 12.2. The number of amides is 4. The van der Waals surface area contributed by atoms with Crippen LogP contribution in [0.5, 0.6) is 0 Å². The van der Waals surface area contributed by atoms with E-state index in [1.807, 2.05) is 0 Å². The molecule has 15 unspecified atom stereocenters. The van der Waals surface area contributed by atoms with Gasteiger partial charge in [0.05, 0.1) is 107 Å². The summed E-state index contributed by atoms with van der Waals surface area (Å²) in [5, 5.41) is 222. The molecule has 0 bridgehead atoms. The molecule has 608 valence electrons. The quantitative estimate of drug-likeness (QED) is 0.0346. The van der Waals surface area contributed by atoms with Crippen molar-refractivity contribution in [3.8, 4) is 0 Å². The molecule has 105 heavy (non-hydrogen) atoms. The maximum Gasteiger partial charge on any atom is 0.217 e. The average molecular weight is 1530 g/mol. The Balaban J connectivity index is 0.954. The first kappa shape index (κ1) is 87.1. The van der Waals surface area contributed by atoms with Crippen LogP contribution in [-0.4, -0.2) is 406 Å². The van der Waals surface area contributed by atoms with Gasteiger partial charge in [-0.2, -0.15) is 0 Å². The van der Waals surface area contributed by atoms with Crippen molar-refractivity contribution in [2.45, 2.75) is 320 Å². The summed E-state index contributed by atoms with van der Waals surface area (Å²) in [4.78, 5) is 48.6. The predicted octanol–water partition coefficient (Wildman–Crippen LogP) is -12.7. The molecule has 8 fully saturated rings. The Labute approximate surface area is 602 Å². The zero-order valence-corrected chi connectivity index (χ0v) is 59.2. The first-order valence-corrected chi connectivity index (χ1v) is 34.9. The van der Waals surface area contributed by atoms with Crippen molar-refractivity contribution in [2.75, 3.05) is 39.6 Å². The second-order valence-corrected chi connectivity index (χ2v) is 28.2. The average Bonchev–Trinajstić information content (AvgIpc) is 0.777. The van der Waals surface area contributed by atoms with Gasteiger partial charge < -0.3 is 189 Å². The molecule has 23 N–H and O–H groups in total. The molecule has 8 rings (SSSR count). The van der Waals surface area contributed by atoms with E-state index in [1.54, 1.807) is 13.8 Å². The third kappa shape index (κ3) is 20.8. The zero-order valence-electron chi connectivity index (χ0n) is 59.2. The first-order valence-electron chi connectivity index (χ1n) is 34.9. The maximum atomic E-state index is 12.2. The lowest BCUT2D eigenvalue weighted by Crippen LogP contribution is -2.66. The predicted molar refractivity (Wildman–Crippen MR) is 339 cm³/mol. The molecule has 4 amide bonds. The highest BCUT2D eigenvalue weighted by Gasteiger charge is 2.57. The van der Waals surface area contributed by atoms with Crippen LogP contribution in [-0.2, 0) is 90.2 Å². The Hall–Kier alpha value is -3.48. The number of ether oxygens (including phenoxy) is 15. The molecule has 8 heterocycles. The van der Waals surface area contributed by atoms with Gasteiger partial charge in [0.1, 0.15) is 134 Å². The van der Waals surface area contributed by atoms with Gasteiger partial charge in [-0.05, 0) is 20.8 Å². The smallest absolute Gasteiger partial charge is 0.217 e. The second kappa shape index (κ2) is 38.2. The molecular weight excluding hydrogens is 1420 g/mol. The lowest BCUT2D eigenvalue weighted by Gasteiger charge is -2.50. The van der Waals surface area contributed by atoms with Crippen molar-refractivity contribution >= 4 is 23.6 Å². The van der Waals surface area contributed by atoms with Crippen LogP contribution in [0.4, 0.5) is 0 Å². The van der Waals surface area contributed by atoms with Crippen LogP contribution in [0.3, 0.4) is 0 Å². The molecule has 0 aromatic rings. The summed E-state index contributed by atoms with van der Waals surface area (Å²) in [5.41, 5.74) is 0. The number of carbonyl (C=O) groups is 4. The molecule has 0 aromatic heterocycles. The number of carbonyl (C=O) groups excluding carboxylic acids is 4. The molecule has 0 aliphatic carbocycles. The van der Waals surface area contributed by atoms with Crippen LogP contribution >= 0.6 is 0 Å². The highest BCUT2D eigenvalue weighted by Crippen LogP contribution is 2.39. The largest absolute Gasteiger partial charge is 0.394 e. The van der Waals surface area contributed by atoms with E-state index >= 15 is 0 Å². The molecule has 0 radical (unpaired) electrons. The van der Waals surface area contributed by atoms with Crippen molar-refractivity contribution in [3.05, 3.63) is 0 Å². The first-order chi connectivity index (χ1) is 49.4. The van der Waals surface area contributed by atoms with Gasteiger partial charge in [-0.1, -0.05) is 13.8 Å². The molecule has 8 saturated heterocycles. The van der Waals surface area contributed by atoms with Crippen molar-refractivity contribution in [1.29, 1.82) is 0 Å². The van der Waals surface area contributed by atoms with Crippen LogP contribution in [0.1, 0.15) is 75.2 Å². The van der Waals surface area contributed by atoms with E-state index < -0.39 is 320 Å². The van der Waals surface area contributed by atoms with Gasteiger partial charge in [0.15, 0.2) is 44.0 Å². The minimum Gasteiger partial charge on any atom is -0.394 e. The minimum absolute atomic E-state index is 0.313. The summed E-state index contributed by atoms with van der Waals surface area (Å²) in [7, 11) is 0. The zero-order chi connectivity index (χ0) is 77.6. The van der Waals surface area contributed by atoms with Crippen LogP contribution < -0.4 is 21.3 Å². The van der Waals surface area contributed by atoms with Gasteiger partial charge in [0.25, 0.3) is 0 Å². The normalized spacial score (nSPS) is 46.8. The van der Waals surface area contributed by atoms with E-state index in [0.717, 1.165) is 0 Å². The standard InChI is InChI=1S/C63H108N4O38/c1-18-22(5)95-29(12-68)44(81)54(18)103-63-53(90)58(46(83)34(100-63)17-94-61-51(88)48(85)42(79)32(98-61)15-92-36-11-28(77)40(67-26(9)75)57(102-36)38(21(4)71)65-24(7)73)105-59-19(2)55(45(82)30(13-69)96-59)104-62-52(89)49(86)43(80)33(99-62)16-93-60-50(87)47(84)41(78)31(97-60)14-91-35-10-27(76)39(66-25(8)74)56(101-35)37(20(3)70)64-23(6)72/h18-22,27-63,68-71,76-90H,10-17H2,1-9H3,(H,64,72)(H,65,73)(H,66,74)(H,67,75)/t18?,19?,20-,21-,22?,27+,28+,29?,30?,31?,32?,33?,34?,35+,36+,37-,38-,39-,40-,41+,42+,43-,44-,45-,46-,47-,48-,49-,50?,51?,52?,53?,54+,55+,56?,57?,58-,59-,60+,61+,62-,63-/m0/s1. The Morgan fingerprint density at radius 3 is 1.08 bits per heavy atom. The number of hydrogen-bond donors (Lipinski definition) is 23. The Bertz CT molecular complexity index is 2710. The third-order valence-electron chi connectivity index (χ3n) is 20.2. The summed E-state index contributed by atoms with van der Waals surface area (Å²) < 4.78 is 89.7. The fourth-order valence-corrected chi connectivity index (χ4v) is 14.1. The molecule has 0 spiro atoms. The lowest BCUT2D eigenvalue weighted by atomic mass is 9.88. The van der Waals surface area contributed by atoms with Gasteiger partial charge in [0.2, 0.25) is 23.6 Å². The topological polar surface area (TPSA) is 639 Å². The van der Waals surface area contributed by atoms with E-state index in [0.29, 0.717) is 0 Å². The highest BCUT2D eigenvalue weighted by molar-refractivity contribution is 5.75. The van der Waals surface area contributed by atoms with Crippen LogP contribution in [0, 0.1) is 11.8 Å².